The van der Waals surface area contributed by atoms with Crippen molar-refractivity contribution in [3.05, 3.63) is 29.6 Å². The van der Waals surface area contributed by atoms with Crippen molar-refractivity contribution in [3.8, 4) is 0 Å². The Balaban J connectivity index is 2.14. The van der Waals surface area contributed by atoms with Crippen LogP contribution in [-0.4, -0.2) is 32.7 Å². The van der Waals surface area contributed by atoms with Crippen molar-refractivity contribution in [2.24, 2.45) is 5.41 Å². The summed E-state index contributed by atoms with van der Waals surface area (Å²) in [5.41, 5.74) is 0.708. The third-order valence-corrected chi connectivity index (χ3v) is 3.45. The van der Waals surface area contributed by atoms with Crippen molar-refractivity contribution < 1.29 is 13.9 Å². The van der Waals surface area contributed by atoms with E-state index < -0.39 is 5.41 Å². The fourth-order valence-electron chi connectivity index (χ4n) is 2.47. The zero-order valence-electron chi connectivity index (χ0n) is 11.3. The van der Waals surface area contributed by atoms with E-state index in [4.69, 9.17) is 4.74 Å². The Kier molecular flexibility index (Phi) is 4.17. The van der Waals surface area contributed by atoms with Crippen LogP contribution in [0.3, 0.4) is 0 Å². The molecule has 0 aromatic heterocycles. The largest absolute Gasteiger partial charge is 0.384 e. The van der Waals surface area contributed by atoms with Gasteiger partial charge in [-0.3, -0.25) is 4.79 Å². The number of aryl methyl sites for hydroxylation is 1. The maximum absolute atomic E-state index is 13.3. The zero-order chi connectivity index (χ0) is 13.9. The molecule has 0 saturated carbocycles. The summed E-state index contributed by atoms with van der Waals surface area (Å²) in [6.45, 7) is 3.53. The van der Waals surface area contributed by atoms with E-state index >= 15 is 0 Å². The lowest BCUT2D eigenvalue weighted by Crippen LogP contribution is -2.41. The predicted molar refractivity (Wildman–Crippen MR) is 71.6 cm³/mol. The summed E-state index contributed by atoms with van der Waals surface area (Å²) in [6, 6.07) is 4.51. The van der Waals surface area contributed by atoms with Crippen molar-refractivity contribution >= 4 is 11.6 Å². The van der Waals surface area contributed by atoms with Crippen LogP contribution in [0.25, 0.3) is 0 Å². The van der Waals surface area contributed by atoms with Crippen LogP contribution in [0.4, 0.5) is 10.1 Å². The molecule has 1 atom stereocenters. The van der Waals surface area contributed by atoms with Gasteiger partial charge >= 0.3 is 0 Å². The number of methoxy groups -OCH3 is 1. The summed E-state index contributed by atoms with van der Waals surface area (Å²) in [4.78, 5) is 12.4. The second-order valence-corrected chi connectivity index (χ2v) is 5.11. The molecule has 19 heavy (non-hydrogen) atoms. The fraction of sp³-hybridized carbons (Fsp3) is 0.500. The molecule has 1 fully saturated rings. The van der Waals surface area contributed by atoms with Gasteiger partial charge in [-0.05, 0) is 43.7 Å². The van der Waals surface area contributed by atoms with Crippen molar-refractivity contribution in [2.75, 3.05) is 32.1 Å². The molecule has 1 aliphatic heterocycles. The average molecular weight is 266 g/mol. The Morgan fingerprint density at radius 3 is 2.89 bits per heavy atom. The molecule has 1 aromatic carbocycles. The number of halogens is 1. The van der Waals surface area contributed by atoms with Crippen LogP contribution < -0.4 is 10.6 Å². The average Bonchev–Trinajstić information content (AvgIpc) is 2.78. The number of anilines is 1. The maximum Gasteiger partial charge on any atom is 0.234 e. The predicted octanol–water partition coefficient (Wildman–Crippen LogP) is 1.70. The van der Waals surface area contributed by atoms with E-state index in [-0.39, 0.29) is 11.7 Å². The van der Waals surface area contributed by atoms with Gasteiger partial charge in [0.25, 0.3) is 0 Å². The lowest BCUT2D eigenvalue weighted by Gasteiger charge is -2.26. The van der Waals surface area contributed by atoms with Gasteiger partial charge in [0.15, 0.2) is 0 Å². The molecule has 4 nitrogen and oxygen atoms in total. The van der Waals surface area contributed by atoms with Gasteiger partial charge in [0.05, 0.1) is 12.0 Å². The van der Waals surface area contributed by atoms with Crippen molar-refractivity contribution in [1.29, 1.82) is 0 Å². The first-order valence-corrected chi connectivity index (χ1v) is 6.34. The molecule has 0 bridgehead atoms. The molecule has 0 radical (unpaired) electrons. The molecule has 1 amide bonds. The zero-order valence-corrected chi connectivity index (χ0v) is 11.3. The number of carbonyl (C=O) groups is 1. The van der Waals surface area contributed by atoms with E-state index in [1.807, 2.05) is 0 Å². The van der Waals surface area contributed by atoms with Crippen LogP contribution >= 0.6 is 0 Å². The smallest absolute Gasteiger partial charge is 0.234 e. The first-order chi connectivity index (χ1) is 9.05. The molecule has 0 unspecified atom stereocenters. The summed E-state index contributed by atoms with van der Waals surface area (Å²) >= 11 is 0. The Morgan fingerprint density at radius 1 is 1.53 bits per heavy atom. The number of hydrogen-bond donors (Lipinski definition) is 2. The Labute approximate surface area is 112 Å². The lowest BCUT2D eigenvalue weighted by atomic mass is 9.87. The number of carbonyl (C=O) groups excluding carboxylic acids is 1. The van der Waals surface area contributed by atoms with Gasteiger partial charge in [-0.1, -0.05) is 0 Å². The van der Waals surface area contributed by atoms with Crippen molar-refractivity contribution in [3.63, 3.8) is 0 Å². The highest BCUT2D eigenvalue weighted by Gasteiger charge is 2.41. The number of ether oxygens (including phenoxy) is 1. The second-order valence-electron chi connectivity index (χ2n) is 5.11. The Bertz CT molecular complexity index is 450. The van der Waals surface area contributed by atoms with Gasteiger partial charge in [0, 0.05) is 19.3 Å². The van der Waals surface area contributed by atoms with E-state index in [0.717, 1.165) is 18.5 Å². The molecule has 1 aliphatic rings. The number of hydrogen-bond acceptors (Lipinski definition) is 3. The third kappa shape index (κ3) is 3.11. The van der Waals surface area contributed by atoms with Crippen LogP contribution in [0, 0.1) is 18.2 Å². The highest BCUT2D eigenvalue weighted by atomic mass is 19.1. The third-order valence-electron chi connectivity index (χ3n) is 3.45. The molecular weight excluding hydrogens is 247 g/mol. The number of benzene rings is 1. The second kappa shape index (κ2) is 5.67. The van der Waals surface area contributed by atoms with Crippen LogP contribution in [-0.2, 0) is 9.53 Å². The summed E-state index contributed by atoms with van der Waals surface area (Å²) < 4.78 is 18.5. The van der Waals surface area contributed by atoms with Crippen LogP contribution in [0.15, 0.2) is 18.2 Å². The van der Waals surface area contributed by atoms with Crippen molar-refractivity contribution in [2.45, 2.75) is 13.3 Å². The first-order valence-electron chi connectivity index (χ1n) is 6.34. The first kappa shape index (κ1) is 14.0. The fourth-order valence-corrected chi connectivity index (χ4v) is 2.47. The maximum atomic E-state index is 13.3. The van der Waals surface area contributed by atoms with E-state index in [1.54, 1.807) is 20.1 Å². The highest BCUT2D eigenvalue weighted by Crippen LogP contribution is 2.28. The van der Waals surface area contributed by atoms with Crippen LogP contribution in [0.5, 0.6) is 0 Å². The van der Waals surface area contributed by atoms with E-state index in [9.17, 15) is 9.18 Å². The van der Waals surface area contributed by atoms with Gasteiger partial charge in [-0.2, -0.15) is 0 Å². The molecule has 2 rings (SSSR count). The molecule has 1 aromatic rings. The molecule has 1 saturated heterocycles. The summed E-state index contributed by atoms with van der Waals surface area (Å²) in [7, 11) is 1.58. The minimum absolute atomic E-state index is 0.121. The van der Waals surface area contributed by atoms with Gasteiger partial charge in [0.2, 0.25) is 5.91 Å². The van der Waals surface area contributed by atoms with Crippen LogP contribution in [0.1, 0.15) is 12.0 Å². The SMILES string of the molecule is COC[C@]1(C(=O)Nc2cc(C)cc(F)c2)CCNC1. The van der Waals surface area contributed by atoms with Crippen LogP contribution in [0.2, 0.25) is 0 Å². The number of amides is 1. The molecule has 5 heteroatoms. The Hall–Kier alpha value is -1.46. The summed E-state index contributed by atoms with van der Waals surface area (Å²) in [5, 5.41) is 5.96. The molecule has 1 heterocycles. The topological polar surface area (TPSA) is 50.4 Å². The lowest BCUT2D eigenvalue weighted by molar-refractivity contribution is -0.127. The number of rotatable bonds is 4. The molecule has 0 spiro atoms. The van der Waals surface area contributed by atoms with Gasteiger partial charge in [0.1, 0.15) is 5.82 Å². The van der Waals surface area contributed by atoms with E-state index in [2.05, 4.69) is 10.6 Å². The van der Waals surface area contributed by atoms with Gasteiger partial charge in [-0.15, -0.1) is 0 Å². The molecule has 2 N–H and O–H groups in total. The number of nitrogens with one attached hydrogen (secondary N) is 2. The molecule has 0 aliphatic carbocycles. The summed E-state index contributed by atoms with van der Waals surface area (Å²) in [6.07, 6.45) is 0.723. The minimum atomic E-state index is -0.561. The standard InChI is InChI=1S/C14H19FN2O2/c1-10-5-11(15)7-12(6-10)17-13(18)14(9-19-2)3-4-16-8-14/h5-7,16H,3-4,8-9H2,1-2H3,(H,17,18)/t14-/m0/s1. The monoisotopic (exact) mass is 266 g/mol. The van der Waals surface area contributed by atoms with E-state index in [1.165, 1.54) is 12.1 Å². The molecular formula is C14H19FN2O2. The highest BCUT2D eigenvalue weighted by molar-refractivity contribution is 5.96. The molecule has 104 valence electrons. The Morgan fingerprint density at radius 2 is 2.32 bits per heavy atom. The summed E-state index contributed by atoms with van der Waals surface area (Å²) in [5.74, 6) is -0.468. The normalized spacial score (nSPS) is 22.5. The van der Waals surface area contributed by atoms with Crippen molar-refractivity contribution in [1.82, 2.24) is 5.32 Å². The quantitative estimate of drug-likeness (QED) is 0.872. The minimum Gasteiger partial charge on any atom is -0.384 e. The van der Waals surface area contributed by atoms with E-state index in [0.29, 0.717) is 18.8 Å². The van der Waals surface area contributed by atoms with Gasteiger partial charge in [-0.25, -0.2) is 4.39 Å². The van der Waals surface area contributed by atoms with Gasteiger partial charge < -0.3 is 15.4 Å².